The molecule has 25 heavy (non-hydrogen) atoms. The van der Waals surface area contributed by atoms with Crippen LogP contribution in [0.5, 0.6) is 0 Å². The van der Waals surface area contributed by atoms with Gasteiger partial charge in [-0.25, -0.2) is 0 Å². The molecule has 138 valence electrons. The standard InChI is InChI=1S/C20H31N3O2/c1-14(2)11-20(4,13-21)22-19(25)17-10-18(24)23(12-17)15(3)16-8-6-5-7-9-16/h5-9,14-15,17H,10-13,21H2,1-4H3,(H,22,25). The van der Waals surface area contributed by atoms with Gasteiger partial charge in [0.05, 0.1) is 12.0 Å². The van der Waals surface area contributed by atoms with Crippen molar-refractivity contribution < 1.29 is 9.59 Å². The number of nitrogens with zero attached hydrogens (tertiary/aromatic N) is 1. The Kier molecular flexibility index (Phi) is 6.22. The fraction of sp³-hybridized carbons (Fsp3) is 0.600. The van der Waals surface area contributed by atoms with Gasteiger partial charge in [-0.2, -0.15) is 0 Å². The molecule has 1 aliphatic heterocycles. The van der Waals surface area contributed by atoms with Crippen molar-refractivity contribution in [2.24, 2.45) is 17.6 Å². The maximum atomic E-state index is 12.7. The van der Waals surface area contributed by atoms with Gasteiger partial charge in [-0.15, -0.1) is 0 Å². The van der Waals surface area contributed by atoms with Crippen molar-refractivity contribution in [1.29, 1.82) is 0 Å². The first-order chi connectivity index (χ1) is 11.8. The van der Waals surface area contributed by atoms with E-state index in [2.05, 4.69) is 19.2 Å². The number of nitrogens with two attached hydrogens (primary N) is 1. The predicted molar refractivity (Wildman–Crippen MR) is 99.7 cm³/mol. The molecule has 0 radical (unpaired) electrons. The first-order valence-electron chi connectivity index (χ1n) is 9.12. The normalized spacial score (nSPS) is 21.3. The third kappa shape index (κ3) is 4.82. The monoisotopic (exact) mass is 345 g/mol. The van der Waals surface area contributed by atoms with Crippen molar-refractivity contribution in [3.05, 3.63) is 35.9 Å². The Labute approximate surface area is 151 Å². The van der Waals surface area contributed by atoms with Gasteiger partial charge in [0.25, 0.3) is 0 Å². The molecular weight excluding hydrogens is 314 g/mol. The molecule has 1 aromatic carbocycles. The van der Waals surface area contributed by atoms with E-state index in [-0.39, 0.29) is 30.2 Å². The molecule has 3 unspecified atom stereocenters. The van der Waals surface area contributed by atoms with Crippen LogP contribution >= 0.6 is 0 Å². The number of hydrogen-bond donors (Lipinski definition) is 2. The van der Waals surface area contributed by atoms with Crippen LogP contribution in [0.1, 0.15) is 52.1 Å². The van der Waals surface area contributed by atoms with Gasteiger partial charge < -0.3 is 16.0 Å². The Morgan fingerprint density at radius 2 is 1.96 bits per heavy atom. The van der Waals surface area contributed by atoms with Crippen LogP contribution in [0.2, 0.25) is 0 Å². The average molecular weight is 345 g/mol. The zero-order chi connectivity index (χ0) is 18.6. The molecule has 1 aromatic rings. The van der Waals surface area contributed by atoms with E-state index in [1.165, 1.54) is 0 Å². The molecule has 3 N–H and O–H groups in total. The largest absolute Gasteiger partial charge is 0.349 e. The lowest BCUT2D eigenvalue weighted by Crippen LogP contribution is -2.54. The molecule has 0 aromatic heterocycles. The molecule has 1 fully saturated rings. The second-order valence-electron chi connectivity index (χ2n) is 7.89. The molecule has 1 heterocycles. The van der Waals surface area contributed by atoms with Gasteiger partial charge in [0.1, 0.15) is 0 Å². The van der Waals surface area contributed by atoms with Crippen LogP contribution in [0, 0.1) is 11.8 Å². The van der Waals surface area contributed by atoms with Gasteiger partial charge in [0, 0.05) is 25.0 Å². The number of amides is 2. The van der Waals surface area contributed by atoms with Crippen LogP contribution in [0.15, 0.2) is 30.3 Å². The molecule has 5 nitrogen and oxygen atoms in total. The van der Waals surface area contributed by atoms with Gasteiger partial charge >= 0.3 is 0 Å². The van der Waals surface area contributed by atoms with Crippen LogP contribution in [-0.4, -0.2) is 35.3 Å². The van der Waals surface area contributed by atoms with Gasteiger partial charge in [-0.05, 0) is 31.7 Å². The Bertz CT molecular complexity index is 602. The van der Waals surface area contributed by atoms with E-state index in [1.54, 1.807) is 0 Å². The third-order valence-corrected chi connectivity index (χ3v) is 5.01. The quantitative estimate of drug-likeness (QED) is 0.797. The molecule has 1 aliphatic rings. The van der Waals surface area contributed by atoms with E-state index >= 15 is 0 Å². The molecule has 3 atom stereocenters. The first-order valence-corrected chi connectivity index (χ1v) is 9.12. The molecule has 2 rings (SSSR count). The minimum atomic E-state index is -0.424. The molecule has 0 spiro atoms. The van der Waals surface area contributed by atoms with Gasteiger partial charge in [-0.1, -0.05) is 44.2 Å². The summed E-state index contributed by atoms with van der Waals surface area (Å²) in [5, 5.41) is 3.09. The van der Waals surface area contributed by atoms with Crippen molar-refractivity contribution in [3.63, 3.8) is 0 Å². The summed E-state index contributed by atoms with van der Waals surface area (Å²) in [6.45, 7) is 9.07. The predicted octanol–water partition coefficient (Wildman–Crippen LogP) is 2.48. The zero-order valence-corrected chi connectivity index (χ0v) is 15.8. The lowest BCUT2D eigenvalue weighted by Gasteiger charge is -2.32. The first kappa shape index (κ1) is 19.4. The highest BCUT2D eigenvalue weighted by molar-refractivity contribution is 5.89. The lowest BCUT2D eigenvalue weighted by molar-refractivity contribution is -0.130. The summed E-state index contributed by atoms with van der Waals surface area (Å²) in [4.78, 5) is 27.0. The summed E-state index contributed by atoms with van der Waals surface area (Å²) in [6.07, 6.45) is 1.09. The van der Waals surface area contributed by atoms with Crippen molar-refractivity contribution in [2.75, 3.05) is 13.1 Å². The maximum Gasteiger partial charge on any atom is 0.225 e. The van der Waals surface area contributed by atoms with E-state index in [4.69, 9.17) is 5.73 Å². The molecule has 1 saturated heterocycles. The van der Waals surface area contributed by atoms with E-state index < -0.39 is 5.54 Å². The second kappa shape index (κ2) is 8.00. The van der Waals surface area contributed by atoms with Gasteiger partial charge in [-0.3, -0.25) is 9.59 Å². The topological polar surface area (TPSA) is 75.4 Å². The van der Waals surface area contributed by atoms with E-state index in [9.17, 15) is 9.59 Å². The lowest BCUT2D eigenvalue weighted by atomic mass is 9.90. The van der Waals surface area contributed by atoms with Crippen molar-refractivity contribution in [3.8, 4) is 0 Å². The second-order valence-corrected chi connectivity index (χ2v) is 7.89. The third-order valence-electron chi connectivity index (χ3n) is 5.01. The summed E-state index contributed by atoms with van der Waals surface area (Å²) in [5.74, 6) is 0.102. The van der Waals surface area contributed by atoms with E-state index in [0.717, 1.165) is 12.0 Å². The zero-order valence-electron chi connectivity index (χ0n) is 15.8. The van der Waals surface area contributed by atoms with Crippen LogP contribution in [0.4, 0.5) is 0 Å². The smallest absolute Gasteiger partial charge is 0.225 e. The highest BCUT2D eigenvalue weighted by Gasteiger charge is 2.39. The SMILES string of the molecule is CC(C)CC(C)(CN)NC(=O)C1CC(=O)N(C(C)c2ccccc2)C1. The van der Waals surface area contributed by atoms with Gasteiger partial charge in [0.2, 0.25) is 11.8 Å². The van der Waals surface area contributed by atoms with Crippen molar-refractivity contribution >= 4 is 11.8 Å². The molecule has 0 aliphatic carbocycles. The minimum Gasteiger partial charge on any atom is -0.349 e. The number of hydrogen-bond acceptors (Lipinski definition) is 3. The summed E-state index contributed by atoms with van der Waals surface area (Å²) < 4.78 is 0. The summed E-state index contributed by atoms with van der Waals surface area (Å²) in [7, 11) is 0. The average Bonchev–Trinajstić information content (AvgIpc) is 2.96. The number of nitrogens with one attached hydrogen (secondary N) is 1. The molecular formula is C20H31N3O2. The summed E-state index contributed by atoms with van der Waals surface area (Å²) in [5.41, 5.74) is 6.55. The molecule has 2 amide bonds. The number of carbonyl (C=O) groups is 2. The summed E-state index contributed by atoms with van der Waals surface area (Å²) in [6, 6.07) is 9.90. The molecule has 0 saturated carbocycles. The maximum absolute atomic E-state index is 12.7. The number of carbonyl (C=O) groups excluding carboxylic acids is 2. The Morgan fingerprint density at radius 1 is 1.32 bits per heavy atom. The number of benzene rings is 1. The Balaban J connectivity index is 2.02. The van der Waals surface area contributed by atoms with Crippen molar-refractivity contribution in [1.82, 2.24) is 10.2 Å². The van der Waals surface area contributed by atoms with Crippen LogP contribution in [-0.2, 0) is 9.59 Å². The Morgan fingerprint density at radius 3 is 2.52 bits per heavy atom. The minimum absolute atomic E-state index is 0.0249. The molecule has 5 heteroatoms. The number of rotatable bonds is 7. The Hall–Kier alpha value is -1.88. The number of likely N-dealkylation sites (tertiary alicyclic amines) is 1. The van der Waals surface area contributed by atoms with Crippen LogP contribution in [0.3, 0.4) is 0 Å². The van der Waals surface area contributed by atoms with E-state index in [0.29, 0.717) is 19.0 Å². The molecule has 0 bridgehead atoms. The van der Waals surface area contributed by atoms with E-state index in [1.807, 2.05) is 49.1 Å². The fourth-order valence-corrected chi connectivity index (χ4v) is 3.68. The highest BCUT2D eigenvalue weighted by Crippen LogP contribution is 2.29. The van der Waals surface area contributed by atoms with Crippen LogP contribution in [0.25, 0.3) is 0 Å². The highest BCUT2D eigenvalue weighted by atomic mass is 16.2. The van der Waals surface area contributed by atoms with Crippen LogP contribution < -0.4 is 11.1 Å². The van der Waals surface area contributed by atoms with Gasteiger partial charge in [0.15, 0.2) is 0 Å². The van der Waals surface area contributed by atoms with Crippen molar-refractivity contribution in [2.45, 2.75) is 52.1 Å². The fourth-order valence-electron chi connectivity index (χ4n) is 3.68. The summed E-state index contributed by atoms with van der Waals surface area (Å²) >= 11 is 0.